The van der Waals surface area contributed by atoms with Crippen molar-refractivity contribution >= 4 is 33.4 Å². The highest BCUT2D eigenvalue weighted by atomic mass is 79.9. The van der Waals surface area contributed by atoms with E-state index in [1.54, 1.807) is 10.7 Å². The van der Waals surface area contributed by atoms with Crippen molar-refractivity contribution in [1.29, 1.82) is 0 Å². The Balaban J connectivity index is 2.02. The molecule has 7 heteroatoms. The lowest BCUT2D eigenvalue weighted by Gasteiger charge is -2.17. The van der Waals surface area contributed by atoms with Crippen LogP contribution < -0.4 is 5.32 Å². The van der Waals surface area contributed by atoms with E-state index in [1.807, 2.05) is 12.1 Å². The van der Waals surface area contributed by atoms with E-state index in [-0.39, 0.29) is 11.8 Å². The van der Waals surface area contributed by atoms with Crippen LogP contribution >= 0.6 is 15.9 Å². The predicted molar refractivity (Wildman–Crippen MR) is 65.8 cm³/mol. The van der Waals surface area contributed by atoms with Crippen LogP contribution in [-0.4, -0.2) is 26.4 Å². The van der Waals surface area contributed by atoms with Gasteiger partial charge in [-0.2, -0.15) is 5.10 Å². The molecule has 1 saturated heterocycles. The Bertz CT molecular complexity index is 652. The highest BCUT2D eigenvalue weighted by Crippen LogP contribution is 2.24. The molecule has 0 bridgehead atoms. The molecule has 1 fully saturated rings. The van der Waals surface area contributed by atoms with Crippen molar-refractivity contribution in [1.82, 2.24) is 19.9 Å². The minimum Gasteiger partial charge on any atom is -0.296 e. The number of hydrogen-bond donors (Lipinski definition) is 1. The molecule has 0 radical (unpaired) electrons. The van der Waals surface area contributed by atoms with Crippen LogP contribution in [0.5, 0.6) is 0 Å². The summed E-state index contributed by atoms with van der Waals surface area (Å²) >= 11 is 3.38. The monoisotopic (exact) mass is 308 g/mol. The van der Waals surface area contributed by atoms with Gasteiger partial charge in [0.25, 0.3) is 0 Å². The fourth-order valence-electron chi connectivity index (χ4n) is 1.98. The minimum absolute atomic E-state index is 0.235. The largest absolute Gasteiger partial charge is 0.296 e. The topological polar surface area (TPSA) is 76.4 Å². The Kier molecular flexibility index (Phi) is 2.62. The molecule has 1 atom stereocenters. The van der Waals surface area contributed by atoms with Gasteiger partial charge in [-0.05, 0) is 34.5 Å². The zero-order chi connectivity index (χ0) is 12.7. The highest BCUT2D eigenvalue weighted by Gasteiger charge is 2.31. The zero-order valence-electron chi connectivity index (χ0n) is 9.26. The number of hydrogen-bond acceptors (Lipinski definition) is 4. The van der Waals surface area contributed by atoms with Crippen LogP contribution in [0.15, 0.2) is 22.8 Å². The molecule has 0 aliphatic carbocycles. The summed E-state index contributed by atoms with van der Waals surface area (Å²) in [5.74, 6) is -0.555. The standard InChI is InChI=1S/C11H9BrN4O2/c12-7-2-1-5-16-10(7)14-9(15-16)6-3-4-8(17)13-11(6)18/h1-2,5-6H,3-4H2,(H,13,17,18). The Morgan fingerprint density at radius 2 is 2.28 bits per heavy atom. The van der Waals surface area contributed by atoms with Gasteiger partial charge in [0.1, 0.15) is 5.92 Å². The lowest BCUT2D eigenvalue weighted by atomic mass is 9.98. The Morgan fingerprint density at radius 3 is 3.00 bits per heavy atom. The number of halogens is 1. The number of carbonyl (C=O) groups is 2. The summed E-state index contributed by atoms with van der Waals surface area (Å²) in [7, 11) is 0. The molecular weight excluding hydrogens is 300 g/mol. The maximum absolute atomic E-state index is 11.7. The molecule has 3 heterocycles. The molecule has 18 heavy (non-hydrogen) atoms. The molecule has 6 nitrogen and oxygen atoms in total. The smallest absolute Gasteiger partial charge is 0.237 e. The molecule has 1 unspecified atom stereocenters. The van der Waals surface area contributed by atoms with Crippen LogP contribution in [-0.2, 0) is 9.59 Å². The molecule has 2 aromatic rings. The summed E-state index contributed by atoms with van der Waals surface area (Å²) in [4.78, 5) is 27.2. The summed E-state index contributed by atoms with van der Waals surface area (Å²) in [5, 5.41) is 6.58. The van der Waals surface area contributed by atoms with Gasteiger partial charge < -0.3 is 0 Å². The number of amides is 2. The first-order valence-corrected chi connectivity index (χ1v) is 6.29. The number of carbonyl (C=O) groups excluding carboxylic acids is 2. The van der Waals surface area contributed by atoms with E-state index in [1.165, 1.54) is 0 Å². The van der Waals surface area contributed by atoms with Gasteiger partial charge in [-0.3, -0.25) is 14.9 Å². The molecule has 0 saturated carbocycles. The maximum atomic E-state index is 11.7. The molecular formula is C11H9BrN4O2. The summed E-state index contributed by atoms with van der Waals surface area (Å²) < 4.78 is 2.43. The van der Waals surface area contributed by atoms with Crippen molar-refractivity contribution < 1.29 is 9.59 Å². The molecule has 1 aliphatic rings. The zero-order valence-corrected chi connectivity index (χ0v) is 10.8. The molecule has 2 amide bonds. The first kappa shape index (κ1) is 11.3. The van der Waals surface area contributed by atoms with Crippen molar-refractivity contribution in [3.05, 3.63) is 28.6 Å². The third kappa shape index (κ3) is 1.80. The van der Waals surface area contributed by atoms with E-state index in [9.17, 15) is 9.59 Å². The molecule has 1 N–H and O–H groups in total. The predicted octanol–water partition coefficient (Wildman–Crippen LogP) is 1.01. The molecule has 3 rings (SSSR count). The fourth-order valence-corrected chi connectivity index (χ4v) is 2.40. The van der Waals surface area contributed by atoms with Crippen LogP contribution in [0, 0.1) is 0 Å². The van der Waals surface area contributed by atoms with Crippen LogP contribution in [0.4, 0.5) is 0 Å². The number of nitrogens with one attached hydrogen (secondary N) is 1. The minimum atomic E-state index is -0.450. The van der Waals surface area contributed by atoms with Gasteiger partial charge in [-0.15, -0.1) is 0 Å². The Hall–Kier alpha value is -1.76. The summed E-state index contributed by atoms with van der Waals surface area (Å²) in [6.07, 6.45) is 2.55. The van der Waals surface area contributed by atoms with E-state index in [4.69, 9.17) is 0 Å². The number of rotatable bonds is 1. The number of aromatic nitrogens is 3. The van der Waals surface area contributed by atoms with Crippen molar-refractivity contribution in [3.63, 3.8) is 0 Å². The van der Waals surface area contributed by atoms with Gasteiger partial charge in [0.15, 0.2) is 11.5 Å². The van der Waals surface area contributed by atoms with Gasteiger partial charge in [0.2, 0.25) is 11.8 Å². The van der Waals surface area contributed by atoms with Gasteiger partial charge in [-0.1, -0.05) is 0 Å². The van der Waals surface area contributed by atoms with Crippen molar-refractivity contribution in [2.24, 2.45) is 0 Å². The van der Waals surface area contributed by atoms with Gasteiger partial charge in [0, 0.05) is 12.6 Å². The van der Waals surface area contributed by atoms with Crippen molar-refractivity contribution in [3.8, 4) is 0 Å². The first-order chi connectivity index (χ1) is 8.65. The normalized spacial score (nSPS) is 20.2. The van der Waals surface area contributed by atoms with E-state index < -0.39 is 5.92 Å². The summed E-state index contributed by atoms with van der Waals surface area (Å²) in [6.45, 7) is 0. The number of fused-ring (bicyclic) bond motifs is 1. The quantitative estimate of drug-likeness (QED) is 0.798. The summed E-state index contributed by atoms with van der Waals surface area (Å²) in [5.41, 5.74) is 0.664. The van der Waals surface area contributed by atoms with Crippen LogP contribution in [0.3, 0.4) is 0 Å². The van der Waals surface area contributed by atoms with Gasteiger partial charge in [0.05, 0.1) is 4.47 Å². The average molecular weight is 309 g/mol. The van der Waals surface area contributed by atoms with Crippen molar-refractivity contribution in [2.75, 3.05) is 0 Å². The number of nitrogens with zero attached hydrogens (tertiary/aromatic N) is 3. The van der Waals surface area contributed by atoms with Crippen LogP contribution in [0.1, 0.15) is 24.6 Å². The Morgan fingerprint density at radius 1 is 1.44 bits per heavy atom. The lowest BCUT2D eigenvalue weighted by Crippen LogP contribution is -2.39. The Labute approximate surface area is 111 Å². The lowest BCUT2D eigenvalue weighted by molar-refractivity contribution is -0.134. The second-order valence-electron chi connectivity index (χ2n) is 4.10. The highest BCUT2D eigenvalue weighted by molar-refractivity contribution is 9.10. The van der Waals surface area contributed by atoms with Gasteiger partial charge >= 0.3 is 0 Å². The van der Waals surface area contributed by atoms with E-state index >= 15 is 0 Å². The van der Waals surface area contributed by atoms with Crippen LogP contribution in [0.2, 0.25) is 0 Å². The van der Waals surface area contributed by atoms with E-state index in [0.29, 0.717) is 24.3 Å². The van der Waals surface area contributed by atoms with Crippen LogP contribution in [0.25, 0.3) is 5.65 Å². The molecule has 92 valence electrons. The summed E-state index contributed by atoms with van der Waals surface area (Å²) in [6, 6.07) is 3.69. The third-order valence-electron chi connectivity index (χ3n) is 2.88. The second-order valence-corrected chi connectivity index (χ2v) is 4.95. The molecule has 0 spiro atoms. The second kappa shape index (κ2) is 4.16. The van der Waals surface area contributed by atoms with Crippen molar-refractivity contribution in [2.45, 2.75) is 18.8 Å². The molecule has 1 aliphatic heterocycles. The molecule has 0 aromatic carbocycles. The van der Waals surface area contributed by atoms with Gasteiger partial charge in [-0.25, -0.2) is 9.50 Å². The fraction of sp³-hybridized carbons (Fsp3) is 0.273. The van der Waals surface area contributed by atoms with E-state index in [0.717, 1.165) is 4.47 Å². The SMILES string of the molecule is O=C1CCC(c2nc3c(Br)cccn3n2)C(=O)N1. The number of pyridine rings is 1. The third-order valence-corrected chi connectivity index (χ3v) is 3.50. The first-order valence-electron chi connectivity index (χ1n) is 5.49. The number of imide groups is 1. The maximum Gasteiger partial charge on any atom is 0.237 e. The number of piperidine rings is 1. The van der Waals surface area contributed by atoms with E-state index in [2.05, 4.69) is 31.3 Å². The molecule has 2 aromatic heterocycles. The average Bonchev–Trinajstić information content (AvgIpc) is 2.74.